The van der Waals surface area contributed by atoms with Gasteiger partial charge < -0.3 is 14.2 Å². The normalized spacial score (nSPS) is 57.3. The van der Waals surface area contributed by atoms with Crippen LogP contribution >= 0.6 is 0 Å². The van der Waals surface area contributed by atoms with E-state index in [1.54, 1.807) is 0 Å². The van der Waals surface area contributed by atoms with Crippen LogP contribution in [-0.2, 0) is 19.0 Å². The van der Waals surface area contributed by atoms with E-state index in [1.165, 1.54) is 0 Å². The highest BCUT2D eigenvalue weighted by Gasteiger charge is 2.77. The van der Waals surface area contributed by atoms with E-state index in [-0.39, 0.29) is 23.4 Å². The van der Waals surface area contributed by atoms with Gasteiger partial charge in [-0.05, 0) is 19.8 Å². The average molecular weight is 224 g/mol. The molecule has 0 spiro atoms. The van der Waals surface area contributed by atoms with Gasteiger partial charge in [0.05, 0.1) is 18.8 Å². The number of epoxide rings is 2. The van der Waals surface area contributed by atoms with E-state index >= 15 is 0 Å². The summed E-state index contributed by atoms with van der Waals surface area (Å²) in [5.41, 5.74) is -0.539. The van der Waals surface area contributed by atoms with E-state index < -0.39 is 0 Å². The van der Waals surface area contributed by atoms with Gasteiger partial charge in [-0.2, -0.15) is 0 Å². The second-order valence-corrected chi connectivity index (χ2v) is 5.71. The molecule has 4 heterocycles. The predicted molar refractivity (Wildman–Crippen MR) is 54.1 cm³/mol. The van der Waals surface area contributed by atoms with E-state index in [4.69, 9.17) is 14.2 Å². The maximum Gasteiger partial charge on any atom is 0.138 e. The van der Waals surface area contributed by atoms with Crippen molar-refractivity contribution >= 4 is 5.78 Å². The van der Waals surface area contributed by atoms with Crippen molar-refractivity contribution in [2.24, 2.45) is 0 Å². The molecule has 0 saturated carbocycles. The van der Waals surface area contributed by atoms with Crippen LogP contribution in [0.15, 0.2) is 0 Å². The van der Waals surface area contributed by atoms with Crippen molar-refractivity contribution in [1.82, 2.24) is 0 Å². The number of fused-ring (bicyclic) bond motifs is 5. The summed E-state index contributed by atoms with van der Waals surface area (Å²) in [5.74, 6) is 0.338. The van der Waals surface area contributed by atoms with Crippen LogP contribution in [0.4, 0.5) is 0 Å². The third-order valence-corrected chi connectivity index (χ3v) is 4.66. The Morgan fingerprint density at radius 1 is 1.44 bits per heavy atom. The van der Waals surface area contributed by atoms with Crippen LogP contribution < -0.4 is 0 Å². The summed E-state index contributed by atoms with van der Waals surface area (Å²) in [6.07, 6.45) is 3.55. The fourth-order valence-corrected chi connectivity index (χ4v) is 3.50. The molecule has 4 heteroatoms. The minimum Gasteiger partial charge on any atom is -0.373 e. The molecule has 0 aromatic carbocycles. The topological polar surface area (TPSA) is 51.4 Å². The lowest BCUT2D eigenvalue weighted by Crippen LogP contribution is -2.48. The molecular formula is C12H16O4. The van der Waals surface area contributed by atoms with E-state index in [9.17, 15) is 4.79 Å². The maximum absolute atomic E-state index is 11.7. The molecule has 0 aromatic rings. The highest BCUT2D eigenvalue weighted by Crippen LogP contribution is 2.62. The standard InChI is InChI=1S/C12H16O4/c1-11-10(16-11)9-4-7(13)5-12(11,15-9)3-2-8-6-14-8/h8-10H,2-6H2,1H3/t8?,9-,10?,11?,12+/m0/s1. The number of rotatable bonds is 3. The molecule has 4 rings (SSSR count). The van der Waals surface area contributed by atoms with E-state index in [2.05, 4.69) is 6.92 Å². The molecule has 3 unspecified atom stereocenters. The van der Waals surface area contributed by atoms with E-state index in [1.807, 2.05) is 0 Å². The second kappa shape index (κ2) is 2.68. The lowest BCUT2D eigenvalue weighted by Gasteiger charge is -2.38. The number of hydrogen-bond donors (Lipinski definition) is 0. The molecule has 4 nitrogen and oxygen atoms in total. The summed E-state index contributed by atoms with van der Waals surface area (Å²) < 4.78 is 17.1. The Morgan fingerprint density at radius 3 is 3.00 bits per heavy atom. The molecule has 0 radical (unpaired) electrons. The average Bonchev–Trinajstić information content (AvgIpc) is 3.08. The first-order valence-corrected chi connectivity index (χ1v) is 6.12. The van der Waals surface area contributed by atoms with E-state index in [0.717, 1.165) is 19.4 Å². The van der Waals surface area contributed by atoms with Crippen LogP contribution in [0.25, 0.3) is 0 Å². The summed E-state index contributed by atoms with van der Waals surface area (Å²) in [6, 6.07) is 0. The Bertz CT molecular complexity index is 364. The minimum atomic E-state index is -0.344. The summed E-state index contributed by atoms with van der Waals surface area (Å²) in [7, 11) is 0. The molecule has 88 valence electrons. The molecule has 0 amide bonds. The smallest absolute Gasteiger partial charge is 0.138 e. The van der Waals surface area contributed by atoms with Crippen LogP contribution in [0.5, 0.6) is 0 Å². The van der Waals surface area contributed by atoms with E-state index in [0.29, 0.717) is 24.7 Å². The Kier molecular flexibility index (Phi) is 1.60. The van der Waals surface area contributed by atoms with Crippen molar-refractivity contribution in [1.29, 1.82) is 0 Å². The van der Waals surface area contributed by atoms with Gasteiger partial charge in [0, 0.05) is 12.8 Å². The van der Waals surface area contributed by atoms with Gasteiger partial charge in [-0.3, -0.25) is 4.79 Å². The molecule has 0 N–H and O–H groups in total. The first-order chi connectivity index (χ1) is 7.63. The summed E-state index contributed by atoms with van der Waals surface area (Å²) in [5, 5.41) is 0. The molecule has 2 bridgehead atoms. The quantitative estimate of drug-likeness (QED) is 0.666. The first kappa shape index (κ1) is 9.57. The number of carbonyl (C=O) groups excluding carboxylic acids is 1. The maximum atomic E-state index is 11.7. The lowest BCUT2D eigenvalue weighted by molar-refractivity contribution is -0.169. The predicted octanol–water partition coefficient (Wildman–Crippen LogP) is 0.823. The molecule has 0 aromatic heterocycles. The van der Waals surface area contributed by atoms with Crippen molar-refractivity contribution in [3.05, 3.63) is 0 Å². The number of carbonyl (C=O) groups is 1. The molecular weight excluding hydrogens is 208 g/mol. The van der Waals surface area contributed by atoms with Gasteiger partial charge in [0.2, 0.25) is 0 Å². The zero-order valence-corrected chi connectivity index (χ0v) is 9.40. The van der Waals surface area contributed by atoms with Crippen molar-refractivity contribution in [2.75, 3.05) is 6.61 Å². The van der Waals surface area contributed by atoms with Crippen molar-refractivity contribution in [3.63, 3.8) is 0 Å². The fourth-order valence-electron chi connectivity index (χ4n) is 3.50. The summed E-state index contributed by atoms with van der Waals surface area (Å²) >= 11 is 0. The number of ether oxygens (including phenoxy) is 3. The highest BCUT2D eigenvalue weighted by molar-refractivity contribution is 5.82. The van der Waals surface area contributed by atoms with Gasteiger partial charge in [0.15, 0.2) is 0 Å². The zero-order valence-electron chi connectivity index (χ0n) is 9.40. The van der Waals surface area contributed by atoms with Crippen molar-refractivity contribution in [2.45, 2.75) is 62.1 Å². The van der Waals surface area contributed by atoms with Gasteiger partial charge in [-0.1, -0.05) is 0 Å². The second-order valence-electron chi connectivity index (χ2n) is 5.71. The fraction of sp³-hybridized carbons (Fsp3) is 0.917. The Hall–Kier alpha value is -0.450. The molecule has 16 heavy (non-hydrogen) atoms. The highest BCUT2D eigenvalue weighted by atomic mass is 16.7. The van der Waals surface area contributed by atoms with Crippen LogP contribution in [0.1, 0.15) is 32.6 Å². The van der Waals surface area contributed by atoms with Crippen LogP contribution in [0, 0.1) is 0 Å². The van der Waals surface area contributed by atoms with Gasteiger partial charge >= 0.3 is 0 Å². The third kappa shape index (κ3) is 1.08. The van der Waals surface area contributed by atoms with Gasteiger partial charge in [-0.15, -0.1) is 0 Å². The number of Topliss-reactive ketones (excluding diaryl/α,β-unsaturated/α-hetero) is 1. The van der Waals surface area contributed by atoms with Crippen molar-refractivity contribution < 1.29 is 19.0 Å². The van der Waals surface area contributed by atoms with Crippen molar-refractivity contribution in [3.8, 4) is 0 Å². The molecule has 4 aliphatic rings. The summed E-state index contributed by atoms with van der Waals surface area (Å²) in [4.78, 5) is 11.7. The Labute approximate surface area is 94.2 Å². The molecule has 4 saturated heterocycles. The minimum absolute atomic E-state index is 0.0198. The third-order valence-electron chi connectivity index (χ3n) is 4.66. The lowest BCUT2D eigenvalue weighted by atomic mass is 9.80. The largest absolute Gasteiger partial charge is 0.373 e. The Morgan fingerprint density at radius 2 is 2.25 bits per heavy atom. The van der Waals surface area contributed by atoms with Crippen LogP contribution in [0.2, 0.25) is 0 Å². The SMILES string of the molecule is CC12OC1[C@@H]1CC(=O)C[C@@]2(CCC2CO2)O1. The monoisotopic (exact) mass is 224 g/mol. The first-order valence-electron chi connectivity index (χ1n) is 6.12. The van der Waals surface area contributed by atoms with Crippen LogP contribution in [-0.4, -0.2) is 41.9 Å². The number of ketones is 1. The zero-order chi connectivity index (χ0) is 11.0. The van der Waals surface area contributed by atoms with Crippen LogP contribution in [0.3, 0.4) is 0 Å². The molecule has 5 atom stereocenters. The van der Waals surface area contributed by atoms with Gasteiger partial charge in [-0.25, -0.2) is 0 Å². The van der Waals surface area contributed by atoms with Gasteiger partial charge in [0.1, 0.15) is 23.1 Å². The Balaban J connectivity index is 1.60. The molecule has 4 aliphatic heterocycles. The number of hydrogen-bond acceptors (Lipinski definition) is 4. The molecule has 4 fully saturated rings. The summed E-state index contributed by atoms with van der Waals surface area (Å²) in [6.45, 7) is 2.97. The van der Waals surface area contributed by atoms with Gasteiger partial charge in [0.25, 0.3) is 0 Å². The molecule has 0 aliphatic carbocycles.